The zero-order valence-corrected chi connectivity index (χ0v) is 16.2. The SMILES string of the molecule is COc1ccc(CN(C)CN2C(=O)C(=O)N([C@H]3CCCC[C@H]3C)C2=O)cc1. The molecule has 27 heavy (non-hydrogen) atoms. The van der Waals surface area contributed by atoms with Gasteiger partial charge in [0.2, 0.25) is 0 Å². The fourth-order valence-electron chi connectivity index (χ4n) is 3.95. The lowest BCUT2D eigenvalue weighted by atomic mass is 9.85. The monoisotopic (exact) mass is 373 g/mol. The Bertz CT molecular complexity index is 718. The molecule has 1 aliphatic carbocycles. The maximum Gasteiger partial charge on any atom is 0.335 e. The molecule has 0 spiro atoms. The molecule has 1 heterocycles. The Morgan fingerprint density at radius 2 is 1.74 bits per heavy atom. The number of benzene rings is 1. The standard InChI is InChI=1S/C20H27N3O4/c1-14-6-4-5-7-17(14)23-19(25)18(24)22(20(23)26)13-21(2)12-15-8-10-16(27-3)11-9-15/h8-11,14,17H,4-7,12-13H2,1-3H3/t14-,17+/m1/s1. The van der Waals surface area contributed by atoms with E-state index in [1.54, 1.807) is 7.11 Å². The van der Waals surface area contributed by atoms with Gasteiger partial charge in [0.05, 0.1) is 13.8 Å². The molecule has 2 aliphatic rings. The van der Waals surface area contributed by atoms with Crippen LogP contribution in [0.4, 0.5) is 4.79 Å². The van der Waals surface area contributed by atoms with Crippen molar-refractivity contribution in [1.82, 2.24) is 14.7 Å². The van der Waals surface area contributed by atoms with Crippen LogP contribution in [0.1, 0.15) is 38.2 Å². The first-order valence-corrected chi connectivity index (χ1v) is 9.43. The molecule has 1 aromatic rings. The van der Waals surface area contributed by atoms with Gasteiger partial charge in [0, 0.05) is 12.6 Å². The summed E-state index contributed by atoms with van der Waals surface area (Å²) in [6.07, 6.45) is 3.85. The number of methoxy groups -OCH3 is 1. The van der Waals surface area contributed by atoms with Crippen molar-refractivity contribution in [2.24, 2.45) is 5.92 Å². The highest BCUT2D eigenvalue weighted by molar-refractivity contribution is 6.44. The molecule has 4 amide bonds. The van der Waals surface area contributed by atoms with Crippen LogP contribution >= 0.6 is 0 Å². The molecule has 1 aromatic carbocycles. The fraction of sp³-hybridized carbons (Fsp3) is 0.550. The summed E-state index contributed by atoms with van der Waals surface area (Å²) in [5, 5.41) is 0. The number of rotatable bonds is 6. The molecule has 2 atom stereocenters. The van der Waals surface area contributed by atoms with Gasteiger partial charge in [-0.1, -0.05) is 31.9 Å². The first-order valence-electron chi connectivity index (χ1n) is 9.43. The topological polar surface area (TPSA) is 70.2 Å². The Hall–Kier alpha value is -2.41. The zero-order valence-electron chi connectivity index (χ0n) is 16.2. The summed E-state index contributed by atoms with van der Waals surface area (Å²) in [6, 6.07) is 6.95. The van der Waals surface area contributed by atoms with Crippen LogP contribution < -0.4 is 4.74 Å². The third kappa shape index (κ3) is 3.98. The molecule has 1 aliphatic heterocycles. The number of amides is 4. The third-order valence-electron chi connectivity index (χ3n) is 5.48. The molecule has 0 aromatic heterocycles. The maximum absolute atomic E-state index is 12.8. The van der Waals surface area contributed by atoms with Crippen molar-refractivity contribution in [2.75, 3.05) is 20.8 Å². The lowest BCUT2D eigenvalue weighted by Gasteiger charge is -2.34. The smallest absolute Gasteiger partial charge is 0.335 e. The molecule has 7 nitrogen and oxygen atoms in total. The number of hydrogen-bond donors (Lipinski definition) is 0. The average molecular weight is 373 g/mol. The molecule has 1 saturated heterocycles. The Morgan fingerprint density at radius 3 is 2.37 bits per heavy atom. The molecule has 7 heteroatoms. The second kappa shape index (κ2) is 8.08. The van der Waals surface area contributed by atoms with E-state index in [1.807, 2.05) is 43.1 Å². The second-order valence-corrected chi connectivity index (χ2v) is 7.52. The third-order valence-corrected chi connectivity index (χ3v) is 5.48. The van der Waals surface area contributed by atoms with Gasteiger partial charge in [-0.25, -0.2) is 9.69 Å². The molecule has 0 radical (unpaired) electrons. The lowest BCUT2D eigenvalue weighted by Crippen LogP contribution is -2.46. The van der Waals surface area contributed by atoms with Crippen molar-refractivity contribution in [2.45, 2.75) is 45.2 Å². The number of ether oxygens (including phenoxy) is 1. The van der Waals surface area contributed by atoms with E-state index in [0.29, 0.717) is 6.54 Å². The van der Waals surface area contributed by atoms with E-state index in [0.717, 1.165) is 41.9 Å². The fourth-order valence-corrected chi connectivity index (χ4v) is 3.95. The molecule has 0 N–H and O–H groups in total. The van der Waals surface area contributed by atoms with E-state index >= 15 is 0 Å². The minimum Gasteiger partial charge on any atom is -0.497 e. The Balaban J connectivity index is 1.66. The predicted molar refractivity (Wildman–Crippen MR) is 99.8 cm³/mol. The summed E-state index contributed by atoms with van der Waals surface area (Å²) in [5.74, 6) is -0.401. The number of carbonyl (C=O) groups excluding carboxylic acids is 3. The van der Waals surface area contributed by atoms with Gasteiger partial charge < -0.3 is 4.74 Å². The highest BCUT2D eigenvalue weighted by atomic mass is 16.5. The van der Waals surface area contributed by atoms with E-state index in [-0.39, 0.29) is 18.6 Å². The summed E-state index contributed by atoms with van der Waals surface area (Å²) in [6.45, 7) is 2.69. The van der Waals surface area contributed by atoms with Gasteiger partial charge in [-0.3, -0.25) is 19.4 Å². The van der Waals surface area contributed by atoms with Gasteiger partial charge >= 0.3 is 17.8 Å². The van der Waals surface area contributed by atoms with E-state index in [1.165, 1.54) is 4.90 Å². The summed E-state index contributed by atoms with van der Waals surface area (Å²) in [4.78, 5) is 41.8. The van der Waals surface area contributed by atoms with Crippen molar-refractivity contribution in [3.05, 3.63) is 29.8 Å². The van der Waals surface area contributed by atoms with Gasteiger partial charge in [-0.15, -0.1) is 0 Å². The molecular formula is C20H27N3O4. The van der Waals surface area contributed by atoms with Crippen LogP contribution in [0.2, 0.25) is 0 Å². The number of nitrogens with zero attached hydrogens (tertiary/aromatic N) is 3. The molecule has 0 unspecified atom stereocenters. The van der Waals surface area contributed by atoms with Crippen LogP contribution in [0, 0.1) is 5.92 Å². The summed E-state index contributed by atoms with van der Waals surface area (Å²) in [7, 11) is 3.43. The van der Waals surface area contributed by atoms with E-state index in [4.69, 9.17) is 4.74 Å². The Morgan fingerprint density at radius 1 is 1.07 bits per heavy atom. The van der Waals surface area contributed by atoms with Crippen LogP contribution in [0.5, 0.6) is 5.75 Å². The average Bonchev–Trinajstić information content (AvgIpc) is 2.86. The summed E-state index contributed by atoms with van der Waals surface area (Å²) < 4.78 is 5.15. The van der Waals surface area contributed by atoms with Crippen molar-refractivity contribution >= 4 is 17.8 Å². The van der Waals surface area contributed by atoms with Crippen LogP contribution in [0.25, 0.3) is 0 Å². The highest BCUT2D eigenvalue weighted by Gasteiger charge is 2.49. The summed E-state index contributed by atoms with van der Waals surface area (Å²) in [5.41, 5.74) is 1.03. The second-order valence-electron chi connectivity index (χ2n) is 7.52. The van der Waals surface area contributed by atoms with E-state index in [2.05, 4.69) is 0 Å². The first-order chi connectivity index (χ1) is 12.9. The first kappa shape index (κ1) is 19.4. The van der Waals surface area contributed by atoms with Crippen molar-refractivity contribution in [3.8, 4) is 5.75 Å². The maximum atomic E-state index is 12.8. The number of hydrogen-bond acceptors (Lipinski definition) is 5. The lowest BCUT2D eigenvalue weighted by molar-refractivity contribution is -0.145. The summed E-state index contributed by atoms with van der Waals surface area (Å²) >= 11 is 0. The predicted octanol–water partition coefficient (Wildman–Crippen LogP) is 2.45. The van der Waals surface area contributed by atoms with Crippen LogP contribution in [0.15, 0.2) is 24.3 Å². The van der Waals surface area contributed by atoms with Gasteiger partial charge in [0.15, 0.2) is 0 Å². The Labute approximate surface area is 159 Å². The van der Waals surface area contributed by atoms with Gasteiger partial charge in [-0.2, -0.15) is 0 Å². The molecular weight excluding hydrogens is 346 g/mol. The van der Waals surface area contributed by atoms with E-state index in [9.17, 15) is 14.4 Å². The highest BCUT2D eigenvalue weighted by Crippen LogP contribution is 2.31. The molecule has 2 fully saturated rings. The van der Waals surface area contributed by atoms with E-state index < -0.39 is 17.8 Å². The number of imide groups is 2. The van der Waals surface area contributed by atoms with Gasteiger partial charge in [0.1, 0.15) is 5.75 Å². The van der Waals surface area contributed by atoms with Crippen molar-refractivity contribution in [1.29, 1.82) is 0 Å². The molecule has 146 valence electrons. The van der Waals surface area contributed by atoms with Crippen molar-refractivity contribution < 1.29 is 19.1 Å². The zero-order chi connectivity index (χ0) is 19.6. The Kier molecular flexibility index (Phi) is 5.79. The van der Waals surface area contributed by atoms with Crippen LogP contribution in [-0.2, 0) is 16.1 Å². The van der Waals surface area contributed by atoms with Crippen molar-refractivity contribution in [3.63, 3.8) is 0 Å². The van der Waals surface area contributed by atoms with Crippen LogP contribution in [0.3, 0.4) is 0 Å². The van der Waals surface area contributed by atoms with Gasteiger partial charge in [-0.05, 0) is 43.5 Å². The minimum absolute atomic E-state index is 0.0903. The normalized spacial score (nSPS) is 23.5. The number of urea groups is 1. The largest absolute Gasteiger partial charge is 0.497 e. The van der Waals surface area contributed by atoms with Crippen LogP contribution in [-0.4, -0.2) is 59.4 Å². The minimum atomic E-state index is -0.723. The molecule has 3 rings (SSSR count). The number of carbonyl (C=O) groups is 3. The molecule has 1 saturated carbocycles. The van der Waals surface area contributed by atoms with Gasteiger partial charge in [0.25, 0.3) is 0 Å². The molecule has 0 bridgehead atoms. The quantitative estimate of drug-likeness (QED) is 0.566.